The fourth-order valence-corrected chi connectivity index (χ4v) is 3.44. The number of likely N-dealkylation sites (N-methyl/N-ethyl adjacent to an activating group) is 1. The highest BCUT2D eigenvalue weighted by Crippen LogP contribution is 2.22. The van der Waals surface area contributed by atoms with Crippen LogP contribution in [0, 0.1) is 5.92 Å². The lowest BCUT2D eigenvalue weighted by atomic mass is 10.1. The molecule has 0 unspecified atom stereocenters. The zero-order valence-electron chi connectivity index (χ0n) is 14.6. The van der Waals surface area contributed by atoms with Gasteiger partial charge in [-0.25, -0.2) is 4.52 Å². The molecule has 4 heterocycles. The van der Waals surface area contributed by atoms with Crippen LogP contribution in [0.1, 0.15) is 10.4 Å². The van der Waals surface area contributed by atoms with Crippen molar-refractivity contribution in [3.8, 4) is 0 Å². The Morgan fingerprint density at radius 3 is 2.77 bits per heavy atom. The van der Waals surface area contributed by atoms with Crippen LogP contribution in [0.25, 0.3) is 5.65 Å². The molecule has 0 radical (unpaired) electrons. The molecule has 0 aromatic carbocycles. The number of aryl methyl sites for hydroxylation is 1. The smallest absolute Gasteiger partial charge is 0.290 e. The molecular formula is C16H21N5O5. The molecule has 2 fully saturated rings. The monoisotopic (exact) mass is 363 g/mol. The number of amides is 2. The van der Waals surface area contributed by atoms with Crippen LogP contribution < -0.4 is 0 Å². The number of nitrogens with zero attached hydrogens (tertiary/aromatic N) is 5. The average molecular weight is 363 g/mol. The van der Waals surface area contributed by atoms with Gasteiger partial charge in [-0.1, -0.05) is 0 Å². The molecule has 2 saturated heterocycles. The highest BCUT2D eigenvalue weighted by atomic mass is 16.5. The Balaban J connectivity index is 0.000000613. The molecule has 10 heteroatoms. The fraction of sp³-hybridized carbons (Fsp3) is 0.500. The van der Waals surface area contributed by atoms with Crippen molar-refractivity contribution >= 4 is 23.9 Å². The zero-order valence-corrected chi connectivity index (χ0v) is 14.6. The lowest BCUT2D eigenvalue weighted by Gasteiger charge is -2.29. The van der Waals surface area contributed by atoms with Gasteiger partial charge in [0.2, 0.25) is 5.91 Å². The van der Waals surface area contributed by atoms with E-state index in [9.17, 15) is 9.59 Å². The number of carbonyl (C=O) groups is 3. The highest BCUT2D eigenvalue weighted by molar-refractivity contribution is 6.00. The van der Waals surface area contributed by atoms with E-state index in [0.717, 1.165) is 5.65 Å². The van der Waals surface area contributed by atoms with E-state index in [1.165, 1.54) is 0 Å². The first-order chi connectivity index (χ1) is 12.5. The van der Waals surface area contributed by atoms with Gasteiger partial charge in [0.15, 0.2) is 0 Å². The Morgan fingerprint density at radius 2 is 2.04 bits per heavy atom. The first-order valence-electron chi connectivity index (χ1n) is 8.18. The summed E-state index contributed by atoms with van der Waals surface area (Å²) >= 11 is 0. The van der Waals surface area contributed by atoms with E-state index in [1.54, 1.807) is 27.6 Å². The third-order valence-electron chi connectivity index (χ3n) is 4.80. The molecular weight excluding hydrogens is 342 g/mol. The van der Waals surface area contributed by atoms with Crippen LogP contribution in [-0.2, 0) is 21.4 Å². The van der Waals surface area contributed by atoms with Crippen molar-refractivity contribution in [3.63, 3.8) is 0 Å². The van der Waals surface area contributed by atoms with Crippen LogP contribution >= 0.6 is 0 Å². The van der Waals surface area contributed by atoms with E-state index < -0.39 is 0 Å². The lowest BCUT2D eigenvalue weighted by Crippen LogP contribution is -2.45. The second kappa shape index (κ2) is 7.16. The lowest BCUT2D eigenvalue weighted by molar-refractivity contribution is -0.134. The highest BCUT2D eigenvalue weighted by Gasteiger charge is 2.39. The summed E-state index contributed by atoms with van der Waals surface area (Å²) < 4.78 is 9.14. The van der Waals surface area contributed by atoms with E-state index in [0.29, 0.717) is 31.9 Å². The molecule has 2 aliphatic heterocycles. The number of fused-ring (bicyclic) bond motifs is 4. The molecule has 0 spiro atoms. The van der Waals surface area contributed by atoms with Gasteiger partial charge in [0.25, 0.3) is 12.4 Å². The number of hydrogen-bond donors (Lipinski definition) is 1. The van der Waals surface area contributed by atoms with E-state index >= 15 is 0 Å². The standard InChI is InChI=1S/C15H19N5O3.CH2O2/c1-17-3-4-20-13(17)12(5-16-20)15(22)19-6-10-8-23-9-11(7-19)18(2)14(10)21;2-1-3/h3-5,10-11H,6-9H2,1-2H3;1H,(H,2,3)/t10-,11+;/m1./s1. The van der Waals surface area contributed by atoms with Crippen molar-refractivity contribution in [2.24, 2.45) is 13.0 Å². The molecule has 2 aliphatic rings. The van der Waals surface area contributed by atoms with Crippen LogP contribution in [0.4, 0.5) is 0 Å². The van der Waals surface area contributed by atoms with Gasteiger partial charge in [0.05, 0.1) is 31.4 Å². The Hall–Kier alpha value is -2.88. The van der Waals surface area contributed by atoms with Crippen molar-refractivity contribution < 1.29 is 24.2 Å². The summed E-state index contributed by atoms with van der Waals surface area (Å²) in [6.45, 7) is 1.47. The third kappa shape index (κ3) is 3.03. The molecule has 2 aromatic heterocycles. The van der Waals surface area contributed by atoms with Crippen LogP contribution in [0.3, 0.4) is 0 Å². The first-order valence-corrected chi connectivity index (χ1v) is 8.18. The Kier molecular flexibility index (Phi) is 4.94. The minimum absolute atomic E-state index is 0.0572. The third-order valence-corrected chi connectivity index (χ3v) is 4.80. The predicted molar refractivity (Wildman–Crippen MR) is 89.6 cm³/mol. The Bertz CT molecular complexity index is 828. The van der Waals surface area contributed by atoms with Gasteiger partial charge >= 0.3 is 0 Å². The number of rotatable bonds is 1. The maximum absolute atomic E-state index is 13.0. The number of carbonyl (C=O) groups excluding carboxylic acids is 2. The number of hydrogen-bond acceptors (Lipinski definition) is 5. The Morgan fingerprint density at radius 1 is 1.31 bits per heavy atom. The van der Waals surface area contributed by atoms with Crippen LogP contribution in [0.2, 0.25) is 0 Å². The fourth-order valence-electron chi connectivity index (χ4n) is 3.44. The van der Waals surface area contributed by atoms with Gasteiger partial charge < -0.3 is 24.2 Å². The van der Waals surface area contributed by atoms with E-state index in [-0.39, 0.29) is 30.2 Å². The summed E-state index contributed by atoms with van der Waals surface area (Å²) in [6.07, 6.45) is 5.27. The molecule has 1 N–H and O–H groups in total. The summed E-state index contributed by atoms with van der Waals surface area (Å²) in [5.41, 5.74) is 1.33. The second-order valence-corrected chi connectivity index (χ2v) is 6.39. The SMILES string of the molecule is CN1C(=O)[C@H]2COC[C@@H]1CN(C(=O)c1cnn3ccn(C)c13)C2.O=CO. The summed E-state index contributed by atoms with van der Waals surface area (Å²) in [7, 11) is 3.67. The molecule has 2 amide bonds. The first kappa shape index (κ1) is 17.9. The average Bonchev–Trinajstić information content (AvgIpc) is 3.11. The minimum Gasteiger partial charge on any atom is -0.483 e. The van der Waals surface area contributed by atoms with Crippen molar-refractivity contribution in [2.75, 3.05) is 33.4 Å². The minimum atomic E-state index is -0.295. The normalized spacial score (nSPS) is 22.6. The van der Waals surface area contributed by atoms with Gasteiger partial charge in [-0.3, -0.25) is 14.4 Å². The van der Waals surface area contributed by atoms with Crippen molar-refractivity contribution in [2.45, 2.75) is 6.04 Å². The summed E-state index contributed by atoms with van der Waals surface area (Å²) in [5.74, 6) is -0.320. The number of ether oxygens (including phenoxy) is 1. The molecule has 0 saturated carbocycles. The van der Waals surface area contributed by atoms with Crippen LogP contribution in [0.5, 0.6) is 0 Å². The largest absolute Gasteiger partial charge is 0.483 e. The van der Waals surface area contributed by atoms with E-state index in [2.05, 4.69) is 5.10 Å². The molecule has 4 rings (SSSR count). The summed E-state index contributed by atoms with van der Waals surface area (Å²) in [6, 6.07) is -0.0987. The zero-order chi connectivity index (χ0) is 18.8. The number of aromatic nitrogens is 3. The quantitative estimate of drug-likeness (QED) is 0.671. The molecule has 26 heavy (non-hydrogen) atoms. The Labute approximate surface area is 149 Å². The predicted octanol–water partition coefficient (Wildman–Crippen LogP) is -0.697. The number of carboxylic acid groups (broad SMARTS) is 1. The number of imidazole rings is 1. The van der Waals surface area contributed by atoms with Crippen molar-refractivity contribution in [1.29, 1.82) is 0 Å². The second-order valence-electron chi connectivity index (χ2n) is 6.39. The molecule has 140 valence electrons. The summed E-state index contributed by atoms with van der Waals surface area (Å²) in [5, 5.41) is 11.1. The molecule has 2 aromatic rings. The molecule has 10 nitrogen and oxygen atoms in total. The maximum Gasteiger partial charge on any atom is 0.290 e. The van der Waals surface area contributed by atoms with E-state index in [4.69, 9.17) is 14.6 Å². The molecule has 0 aliphatic carbocycles. The topological polar surface area (TPSA) is 109 Å². The molecule has 2 bridgehead atoms. The van der Waals surface area contributed by atoms with Crippen LogP contribution in [-0.4, -0.2) is 86.8 Å². The van der Waals surface area contributed by atoms with Gasteiger partial charge in [-0.05, 0) is 0 Å². The van der Waals surface area contributed by atoms with Gasteiger partial charge in [0.1, 0.15) is 11.2 Å². The van der Waals surface area contributed by atoms with Gasteiger partial charge in [-0.2, -0.15) is 5.10 Å². The maximum atomic E-state index is 13.0. The van der Waals surface area contributed by atoms with E-state index in [1.807, 2.05) is 24.0 Å². The van der Waals surface area contributed by atoms with Crippen molar-refractivity contribution in [3.05, 3.63) is 24.2 Å². The van der Waals surface area contributed by atoms with Crippen LogP contribution in [0.15, 0.2) is 18.6 Å². The van der Waals surface area contributed by atoms with Gasteiger partial charge in [-0.15, -0.1) is 0 Å². The molecule has 2 atom stereocenters. The van der Waals surface area contributed by atoms with Crippen molar-refractivity contribution in [1.82, 2.24) is 24.0 Å². The summed E-state index contributed by atoms with van der Waals surface area (Å²) in [4.78, 5) is 37.3. The van der Waals surface area contributed by atoms with Gasteiger partial charge in [0, 0.05) is 39.6 Å².